The third kappa shape index (κ3) is 5.66. The van der Waals surface area contributed by atoms with Gasteiger partial charge in [0.15, 0.2) is 24.2 Å². The maximum Gasteiger partial charge on any atom is 0.194 e. The van der Waals surface area contributed by atoms with Gasteiger partial charge < -0.3 is 18.1 Å². The summed E-state index contributed by atoms with van der Waals surface area (Å²) in [6, 6.07) is 9.91. The normalized spacial score (nSPS) is 18.3. The zero-order valence-electron chi connectivity index (χ0n) is 15.4. The van der Waals surface area contributed by atoms with Crippen LogP contribution < -0.4 is 4.89 Å². The Bertz CT molecular complexity index is 557. The third-order valence-electron chi connectivity index (χ3n) is 3.56. The van der Waals surface area contributed by atoms with Gasteiger partial charge in [0, 0.05) is 0 Å². The Morgan fingerprint density at radius 3 is 2.09 bits per heavy atom. The van der Waals surface area contributed by atoms with Crippen LogP contribution in [0.2, 0.25) is 38.8 Å². The van der Waals surface area contributed by atoms with Gasteiger partial charge in [-0.1, -0.05) is 43.7 Å². The molecule has 0 N–H and O–H groups in total. The molecule has 0 bridgehead atoms. The van der Waals surface area contributed by atoms with Crippen LogP contribution in [0, 0.1) is 0 Å². The van der Waals surface area contributed by atoms with Crippen molar-refractivity contribution in [2.75, 3.05) is 0 Å². The first-order chi connectivity index (χ1) is 10.3. The van der Waals surface area contributed by atoms with Crippen LogP contribution in [-0.4, -0.2) is 16.6 Å². The topological polar surface area (TPSA) is 58.6 Å². The Labute approximate surface area is 143 Å². The molecular weight excluding hydrogens is 343 g/mol. The highest BCUT2D eigenvalue weighted by molar-refractivity contribution is 7.54. The highest BCUT2D eigenvalue weighted by atomic mass is 31.2. The molecule has 132 valence electrons. The molecular formula is C16H30O4PSi2-. The fraction of sp³-hybridized carbons (Fsp3) is 0.625. The van der Waals surface area contributed by atoms with Crippen LogP contribution >= 0.6 is 7.60 Å². The molecule has 1 aromatic carbocycles. The Morgan fingerprint density at radius 2 is 1.65 bits per heavy atom. The van der Waals surface area contributed by atoms with E-state index in [2.05, 4.69) is 0 Å². The number of hydrogen-bond donors (Lipinski definition) is 0. The summed E-state index contributed by atoms with van der Waals surface area (Å²) >= 11 is 0. The van der Waals surface area contributed by atoms with Crippen LogP contribution in [0.5, 0.6) is 0 Å². The van der Waals surface area contributed by atoms with Crippen molar-refractivity contribution in [3.63, 3.8) is 0 Å². The number of benzene rings is 1. The highest BCUT2D eigenvalue weighted by Crippen LogP contribution is 2.60. The van der Waals surface area contributed by atoms with Gasteiger partial charge in [0.25, 0.3) is 0 Å². The van der Waals surface area contributed by atoms with Gasteiger partial charge in [-0.3, -0.25) is 0 Å². The molecule has 0 radical (unpaired) electrons. The molecule has 0 aliphatic heterocycles. The summed E-state index contributed by atoms with van der Waals surface area (Å²) in [7, 11) is -8.67. The molecule has 1 rings (SSSR count). The zero-order valence-corrected chi connectivity index (χ0v) is 18.3. The molecule has 0 aromatic heterocycles. The Hall–Kier alpha value is -0.236. The maximum absolute atomic E-state index is 13.2. The fourth-order valence-electron chi connectivity index (χ4n) is 2.68. The fourth-order valence-corrected chi connectivity index (χ4v) is 10.6. The molecule has 0 amide bonds. The molecule has 23 heavy (non-hydrogen) atoms. The maximum atomic E-state index is 13.2. The third-order valence-corrected chi connectivity index (χ3v) is 10.8. The Morgan fingerprint density at radius 1 is 1.13 bits per heavy atom. The van der Waals surface area contributed by atoms with E-state index >= 15 is 0 Å². The van der Waals surface area contributed by atoms with Gasteiger partial charge in [0.1, 0.15) is 5.34 Å². The summed E-state index contributed by atoms with van der Waals surface area (Å²) in [6.45, 7) is 13.5. The van der Waals surface area contributed by atoms with Crippen LogP contribution in [-0.2, 0) is 18.5 Å². The summed E-state index contributed by atoms with van der Waals surface area (Å²) in [5.41, 5.74) is 0.627. The van der Waals surface area contributed by atoms with E-state index < -0.39 is 29.6 Å². The monoisotopic (exact) mass is 373 g/mol. The lowest BCUT2D eigenvalue weighted by Crippen LogP contribution is -2.44. The molecule has 7 heteroatoms. The van der Waals surface area contributed by atoms with E-state index in [1.54, 1.807) is 19.1 Å². The quantitative estimate of drug-likeness (QED) is 0.480. The second-order valence-corrected chi connectivity index (χ2v) is 18.7. The molecule has 0 aliphatic carbocycles. The van der Waals surface area contributed by atoms with Crippen LogP contribution in [0.1, 0.15) is 25.8 Å². The minimum Gasteiger partial charge on any atom is -0.777 e. The van der Waals surface area contributed by atoms with Crippen LogP contribution in [0.15, 0.2) is 30.3 Å². The Balaban J connectivity index is 3.31. The van der Waals surface area contributed by atoms with E-state index in [0.29, 0.717) is 5.56 Å². The summed E-state index contributed by atoms with van der Waals surface area (Å²) in [5.74, 6) is 0. The average Bonchev–Trinajstić information content (AvgIpc) is 2.36. The summed E-state index contributed by atoms with van der Waals surface area (Å²) < 4.78 is 25.1. The lowest BCUT2D eigenvalue weighted by atomic mass is 10.1. The molecule has 0 spiro atoms. The van der Waals surface area contributed by atoms with Gasteiger partial charge in [-0.25, -0.2) is 0 Å². The minimum absolute atomic E-state index is 0.627. The second-order valence-electron chi connectivity index (χ2n) is 7.66. The van der Waals surface area contributed by atoms with Gasteiger partial charge in [-0.05, 0) is 51.3 Å². The van der Waals surface area contributed by atoms with Gasteiger partial charge in [-0.2, -0.15) is 0 Å². The lowest BCUT2D eigenvalue weighted by molar-refractivity contribution is -0.207. The molecule has 1 aromatic rings. The van der Waals surface area contributed by atoms with E-state index in [0.717, 1.165) is 12.5 Å². The summed E-state index contributed by atoms with van der Waals surface area (Å²) in [6.07, 6.45) is 0.913. The van der Waals surface area contributed by atoms with Crippen molar-refractivity contribution in [2.45, 2.75) is 64.4 Å². The largest absolute Gasteiger partial charge is 0.777 e. The van der Waals surface area contributed by atoms with E-state index in [9.17, 15) is 9.46 Å². The van der Waals surface area contributed by atoms with Crippen molar-refractivity contribution >= 4 is 24.2 Å². The van der Waals surface area contributed by atoms with Gasteiger partial charge in [0.2, 0.25) is 0 Å². The molecule has 2 unspecified atom stereocenters. The summed E-state index contributed by atoms with van der Waals surface area (Å²) in [5, 5.41) is -1.45. The smallest absolute Gasteiger partial charge is 0.194 e. The molecule has 0 aliphatic rings. The van der Waals surface area contributed by atoms with E-state index in [1.165, 1.54) is 0 Å². The summed E-state index contributed by atoms with van der Waals surface area (Å²) in [4.78, 5) is 13.2. The van der Waals surface area contributed by atoms with Crippen molar-refractivity contribution in [2.24, 2.45) is 0 Å². The van der Waals surface area contributed by atoms with Crippen LogP contribution in [0.25, 0.3) is 0 Å². The standard InChI is InChI=1S/C16H31O4PSi2/c1-8-14-23(6,7)20-21(17,18)16(2,19-22(3,4)5)15-12-10-9-11-13-15/h9-13H,8,14H2,1-7H3,(H,17,18)/p-1. The van der Waals surface area contributed by atoms with Gasteiger partial charge >= 0.3 is 0 Å². The van der Waals surface area contributed by atoms with Gasteiger partial charge in [-0.15, -0.1) is 0 Å². The van der Waals surface area contributed by atoms with Crippen molar-refractivity contribution in [1.29, 1.82) is 0 Å². The van der Waals surface area contributed by atoms with Gasteiger partial charge in [0.05, 0.1) is 0 Å². The lowest BCUT2D eigenvalue weighted by Gasteiger charge is -2.47. The van der Waals surface area contributed by atoms with Crippen molar-refractivity contribution in [1.82, 2.24) is 0 Å². The first-order valence-corrected chi connectivity index (χ1v) is 16.2. The molecule has 0 saturated carbocycles. The second kappa shape index (κ2) is 7.34. The molecule has 4 nitrogen and oxygen atoms in total. The molecule has 0 heterocycles. The predicted molar refractivity (Wildman–Crippen MR) is 99.5 cm³/mol. The van der Waals surface area contributed by atoms with E-state index in [1.807, 2.05) is 57.9 Å². The first-order valence-electron chi connectivity index (χ1n) is 8.11. The number of hydrogen-bond acceptors (Lipinski definition) is 4. The van der Waals surface area contributed by atoms with Crippen molar-refractivity contribution in [3.05, 3.63) is 35.9 Å². The van der Waals surface area contributed by atoms with E-state index in [4.69, 9.17) is 8.64 Å². The van der Waals surface area contributed by atoms with Crippen molar-refractivity contribution < 1.29 is 18.1 Å². The minimum atomic E-state index is -4.26. The molecule has 0 saturated heterocycles. The van der Waals surface area contributed by atoms with Crippen LogP contribution in [0.4, 0.5) is 0 Å². The zero-order chi connectivity index (χ0) is 17.9. The average molecular weight is 374 g/mol. The van der Waals surface area contributed by atoms with E-state index in [-0.39, 0.29) is 0 Å². The van der Waals surface area contributed by atoms with Crippen LogP contribution in [0.3, 0.4) is 0 Å². The highest BCUT2D eigenvalue weighted by Gasteiger charge is 2.45. The first kappa shape index (κ1) is 20.8. The number of rotatable bonds is 8. The molecule has 2 atom stereocenters. The SMILES string of the molecule is CCC[Si](C)(C)OP(=O)([O-])C(C)(O[Si](C)(C)C)c1ccccc1. The molecule has 0 fully saturated rings. The Kier molecular flexibility index (Phi) is 6.64. The van der Waals surface area contributed by atoms with Crippen molar-refractivity contribution in [3.8, 4) is 0 Å². The predicted octanol–water partition coefficient (Wildman–Crippen LogP) is 4.90.